The molecule has 1 aliphatic heterocycles. The molecule has 0 radical (unpaired) electrons. The van der Waals surface area contributed by atoms with Gasteiger partial charge in [-0.1, -0.05) is 0 Å². The zero-order valence-corrected chi connectivity index (χ0v) is 43.8. The predicted octanol–water partition coefficient (Wildman–Crippen LogP) is 1.66. The third-order valence-electron chi connectivity index (χ3n) is 9.42. The Labute approximate surface area is 410 Å². The van der Waals surface area contributed by atoms with E-state index < -0.39 is 64.3 Å². The summed E-state index contributed by atoms with van der Waals surface area (Å²) < 4.78 is 38.9. The Bertz CT molecular complexity index is 1530. The molecule has 0 aromatic heterocycles. The first-order chi connectivity index (χ1) is 32.0. The zero-order chi connectivity index (χ0) is 52.3. The Morgan fingerprint density at radius 3 is 1.23 bits per heavy atom. The SMILES string of the molecule is CC(C)(C)OC(=O)CN1CCN(CC(=O)OC(C)(C)C)CCN(C(CCC(=O)NCCNC(=O)NCCOCCOCCOCCC(=O)O)C(=O)OC(C)(C)C)CCN(CC(=O)OC(C)(C)C)CC1. The number of urea groups is 1. The van der Waals surface area contributed by atoms with Gasteiger partial charge < -0.3 is 54.2 Å². The normalized spacial score (nSPS) is 16.0. The average Bonchev–Trinajstić information content (AvgIpc) is 3.17. The van der Waals surface area contributed by atoms with Crippen LogP contribution >= 0.6 is 0 Å². The second-order valence-corrected chi connectivity index (χ2v) is 20.7. The molecular weight excluding hydrogens is 903 g/mol. The van der Waals surface area contributed by atoms with Crippen molar-refractivity contribution in [2.45, 2.75) is 131 Å². The van der Waals surface area contributed by atoms with Crippen molar-refractivity contribution >= 4 is 41.8 Å². The molecule has 0 aromatic carbocycles. The highest BCUT2D eigenvalue weighted by Gasteiger charge is 2.33. The lowest BCUT2D eigenvalue weighted by Gasteiger charge is -2.37. The third kappa shape index (κ3) is 35.6. The Morgan fingerprint density at radius 1 is 0.464 bits per heavy atom. The lowest BCUT2D eigenvalue weighted by molar-refractivity contribution is -0.163. The molecule has 1 atom stereocenters. The standard InChI is InChI=1S/C47H87N7O15/c1-44(2,3)66-39(58)33-51-19-21-52(34-40(59)67-45(4,5)6)23-25-54(26-24-53(22-20-51)35-41(60)68-46(7,8)9)36(42(61)69-47(10,11)12)13-14-37(55)48-16-17-49-43(62)50-18-28-64-30-32-65-31-29-63-27-15-38(56)57/h36H,13-35H2,1-12H3,(H,48,55)(H,56,57)(H2,49,50,62). The predicted molar refractivity (Wildman–Crippen MR) is 256 cm³/mol. The number of carbonyl (C=O) groups excluding carboxylic acids is 6. The maximum atomic E-state index is 14.1. The molecule has 4 N–H and O–H groups in total. The molecule has 0 aliphatic carbocycles. The maximum absolute atomic E-state index is 14.1. The molecule has 1 rings (SSSR count). The highest BCUT2D eigenvalue weighted by molar-refractivity contribution is 5.80. The first-order valence-corrected chi connectivity index (χ1v) is 24.0. The summed E-state index contributed by atoms with van der Waals surface area (Å²) in [5.41, 5.74) is -2.98. The largest absolute Gasteiger partial charge is 0.481 e. The van der Waals surface area contributed by atoms with Crippen LogP contribution in [0.15, 0.2) is 0 Å². The Morgan fingerprint density at radius 2 is 0.826 bits per heavy atom. The van der Waals surface area contributed by atoms with Gasteiger partial charge in [0.15, 0.2) is 0 Å². The van der Waals surface area contributed by atoms with Crippen LogP contribution in [0.4, 0.5) is 4.79 Å². The van der Waals surface area contributed by atoms with Gasteiger partial charge in [-0.25, -0.2) is 4.79 Å². The fraction of sp³-hybridized carbons (Fsp3) is 0.851. The van der Waals surface area contributed by atoms with Crippen LogP contribution in [0.25, 0.3) is 0 Å². The van der Waals surface area contributed by atoms with Crippen molar-refractivity contribution in [1.29, 1.82) is 0 Å². The van der Waals surface area contributed by atoms with Crippen LogP contribution in [0.2, 0.25) is 0 Å². The fourth-order valence-electron chi connectivity index (χ4n) is 6.56. The molecule has 1 saturated heterocycles. The molecular formula is C47H87N7O15. The lowest BCUT2D eigenvalue weighted by atomic mass is 10.1. The van der Waals surface area contributed by atoms with Crippen molar-refractivity contribution in [1.82, 2.24) is 35.6 Å². The van der Waals surface area contributed by atoms with Gasteiger partial charge in [-0.3, -0.25) is 48.4 Å². The number of hydrogen-bond donors (Lipinski definition) is 4. The monoisotopic (exact) mass is 990 g/mol. The summed E-state index contributed by atoms with van der Waals surface area (Å²) >= 11 is 0. The summed E-state index contributed by atoms with van der Waals surface area (Å²) in [6, 6.07) is -1.34. The number of hydrogen-bond acceptors (Lipinski definition) is 18. The number of carbonyl (C=O) groups is 7. The van der Waals surface area contributed by atoms with Crippen molar-refractivity contribution in [2.24, 2.45) is 0 Å². The fourth-order valence-corrected chi connectivity index (χ4v) is 6.56. The lowest BCUT2D eigenvalue weighted by Crippen LogP contribution is -2.53. The van der Waals surface area contributed by atoms with Gasteiger partial charge in [-0.15, -0.1) is 0 Å². The van der Waals surface area contributed by atoms with E-state index in [2.05, 4.69) is 16.0 Å². The van der Waals surface area contributed by atoms with Crippen molar-refractivity contribution < 1.29 is 71.8 Å². The quantitative estimate of drug-likeness (QED) is 0.0546. The highest BCUT2D eigenvalue weighted by atomic mass is 16.6. The number of aliphatic carboxylic acids is 1. The summed E-state index contributed by atoms with van der Waals surface area (Å²) in [5.74, 6) is -3.06. The van der Waals surface area contributed by atoms with E-state index in [-0.39, 0.29) is 97.3 Å². The van der Waals surface area contributed by atoms with Crippen molar-refractivity contribution in [2.75, 3.05) is 131 Å². The minimum absolute atomic E-state index is 0.0114. The molecule has 400 valence electrons. The molecule has 1 heterocycles. The molecule has 0 aromatic rings. The number of amides is 3. The molecule has 0 bridgehead atoms. The summed E-state index contributed by atoms with van der Waals surface area (Å²) in [6.07, 6.45) is -0.0283. The zero-order valence-electron chi connectivity index (χ0n) is 43.8. The van der Waals surface area contributed by atoms with Crippen LogP contribution < -0.4 is 16.0 Å². The van der Waals surface area contributed by atoms with Crippen LogP contribution in [0.3, 0.4) is 0 Å². The van der Waals surface area contributed by atoms with Crippen molar-refractivity contribution in [3.8, 4) is 0 Å². The van der Waals surface area contributed by atoms with Gasteiger partial charge in [-0.05, 0) is 89.5 Å². The Kier molecular flexibility index (Phi) is 29.1. The van der Waals surface area contributed by atoms with Crippen LogP contribution in [-0.4, -0.2) is 226 Å². The number of nitrogens with zero attached hydrogens (tertiary/aromatic N) is 4. The molecule has 1 unspecified atom stereocenters. The Balaban J connectivity index is 3.10. The first kappa shape index (κ1) is 62.8. The summed E-state index contributed by atoms with van der Waals surface area (Å²) in [5, 5.41) is 16.7. The molecule has 3 amide bonds. The van der Waals surface area contributed by atoms with Gasteiger partial charge in [0.1, 0.15) is 28.4 Å². The molecule has 0 saturated carbocycles. The average molecular weight is 990 g/mol. The van der Waals surface area contributed by atoms with E-state index in [1.807, 2.05) is 19.6 Å². The number of carboxylic acid groups (broad SMARTS) is 1. The van der Waals surface area contributed by atoms with E-state index in [9.17, 15) is 33.6 Å². The number of rotatable bonds is 26. The van der Waals surface area contributed by atoms with E-state index >= 15 is 0 Å². The van der Waals surface area contributed by atoms with Gasteiger partial charge >= 0.3 is 35.9 Å². The number of nitrogens with one attached hydrogen (secondary N) is 3. The number of carboxylic acids is 1. The first-order valence-electron chi connectivity index (χ1n) is 24.0. The van der Waals surface area contributed by atoms with Crippen LogP contribution in [0.5, 0.6) is 0 Å². The van der Waals surface area contributed by atoms with E-state index in [0.717, 1.165) is 0 Å². The molecule has 69 heavy (non-hydrogen) atoms. The minimum atomic E-state index is -0.925. The second kappa shape index (κ2) is 31.9. The van der Waals surface area contributed by atoms with Gasteiger partial charge in [0.2, 0.25) is 5.91 Å². The van der Waals surface area contributed by atoms with E-state index in [1.165, 1.54) is 0 Å². The van der Waals surface area contributed by atoms with Crippen LogP contribution in [-0.2, 0) is 61.9 Å². The highest BCUT2D eigenvalue weighted by Crippen LogP contribution is 2.18. The van der Waals surface area contributed by atoms with Crippen LogP contribution in [0.1, 0.15) is 102 Å². The van der Waals surface area contributed by atoms with E-state index in [0.29, 0.717) is 59.1 Å². The maximum Gasteiger partial charge on any atom is 0.323 e. The van der Waals surface area contributed by atoms with Gasteiger partial charge in [-0.2, -0.15) is 0 Å². The van der Waals surface area contributed by atoms with Crippen molar-refractivity contribution in [3.05, 3.63) is 0 Å². The van der Waals surface area contributed by atoms with E-state index in [1.54, 1.807) is 83.1 Å². The van der Waals surface area contributed by atoms with Gasteiger partial charge in [0.25, 0.3) is 0 Å². The molecule has 22 heteroatoms. The molecule has 1 aliphatic rings. The summed E-state index contributed by atoms with van der Waals surface area (Å²) in [6.45, 7) is 26.0. The second-order valence-electron chi connectivity index (χ2n) is 20.7. The minimum Gasteiger partial charge on any atom is -0.481 e. The molecule has 0 spiro atoms. The number of esters is 4. The molecule has 1 fully saturated rings. The summed E-state index contributed by atoms with van der Waals surface area (Å²) in [7, 11) is 0. The molecule has 22 nitrogen and oxygen atoms in total. The third-order valence-corrected chi connectivity index (χ3v) is 9.42. The summed E-state index contributed by atoms with van der Waals surface area (Å²) in [4.78, 5) is 97.3. The van der Waals surface area contributed by atoms with Crippen LogP contribution in [0, 0.1) is 0 Å². The van der Waals surface area contributed by atoms with Gasteiger partial charge in [0, 0.05) is 78.4 Å². The van der Waals surface area contributed by atoms with Crippen molar-refractivity contribution in [3.63, 3.8) is 0 Å². The smallest absolute Gasteiger partial charge is 0.323 e. The Hall–Kier alpha value is -4.19. The number of ether oxygens (including phenoxy) is 7. The topological polar surface area (TPSA) is 253 Å². The van der Waals surface area contributed by atoms with E-state index in [4.69, 9.17) is 38.3 Å². The van der Waals surface area contributed by atoms with Gasteiger partial charge in [0.05, 0.1) is 65.7 Å².